The Morgan fingerprint density at radius 1 is 0.773 bits per heavy atom. The van der Waals surface area contributed by atoms with E-state index in [0.717, 1.165) is 6.23 Å². The molecule has 0 aliphatic rings. The first kappa shape index (κ1) is 13.7. The molecule has 0 spiro atoms. The third-order valence-electron chi connectivity index (χ3n) is 4.76. The number of methoxy groups -OCH3 is 1. The molecule has 4 aromatic rings. The Balaban J connectivity index is 2.17. The van der Waals surface area contributed by atoms with Crippen molar-refractivity contribution < 1.29 is 4.74 Å². The van der Waals surface area contributed by atoms with Gasteiger partial charge in [0, 0.05) is 13.3 Å². The molecule has 1 nitrogen and oxygen atoms in total. The second kappa shape index (κ2) is 4.80. The highest BCUT2D eigenvalue weighted by Gasteiger charge is 2.26. The zero-order chi connectivity index (χ0) is 15.3. The van der Waals surface area contributed by atoms with Gasteiger partial charge in [0.1, 0.15) is 8.07 Å². The van der Waals surface area contributed by atoms with E-state index in [0.29, 0.717) is 0 Å². The van der Waals surface area contributed by atoms with E-state index in [1.54, 1.807) is 0 Å². The maximum absolute atomic E-state index is 5.51. The fraction of sp³-hybridized carbons (Fsp3) is 0.200. The van der Waals surface area contributed by atoms with E-state index in [2.05, 4.69) is 67.7 Å². The molecule has 4 aromatic carbocycles. The molecule has 0 amide bonds. The molecule has 4 rings (SSSR count). The zero-order valence-corrected chi connectivity index (χ0v) is 14.3. The Morgan fingerprint density at radius 3 is 2.05 bits per heavy atom. The predicted molar refractivity (Wildman–Crippen MR) is 99.1 cm³/mol. The SMILES string of the molecule is COC[Si](C)(C)c1ccc2ccc3cccc4ccc1c2c34. The molecular formula is C20H20OSi. The van der Waals surface area contributed by atoms with Crippen LogP contribution in [0, 0.1) is 0 Å². The van der Waals surface area contributed by atoms with Crippen molar-refractivity contribution in [2.24, 2.45) is 0 Å². The van der Waals surface area contributed by atoms with Crippen molar-refractivity contribution in [3.8, 4) is 0 Å². The largest absolute Gasteiger partial charge is 0.388 e. The minimum absolute atomic E-state index is 0.858. The molecule has 0 saturated heterocycles. The molecule has 0 radical (unpaired) electrons. The van der Waals surface area contributed by atoms with Crippen LogP contribution in [0.5, 0.6) is 0 Å². The molecule has 0 unspecified atom stereocenters. The molecule has 0 aliphatic carbocycles. The molecule has 22 heavy (non-hydrogen) atoms. The Labute approximate surface area is 131 Å². The van der Waals surface area contributed by atoms with E-state index in [1.165, 1.54) is 37.5 Å². The summed E-state index contributed by atoms with van der Waals surface area (Å²) in [4.78, 5) is 0. The molecular weight excluding hydrogens is 284 g/mol. The van der Waals surface area contributed by atoms with Crippen LogP contribution in [-0.2, 0) is 4.74 Å². The maximum Gasteiger partial charge on any atom is 0.110 e. The van der Waals surface area contributed by atoms with Crippen LogP contribution in [0.15, 0.2) is 54.6 Å². The molecule has 0 fully saturated rings. The summed E-state index contributed by atoms with van der Waals surface area (Å²) in [5, 5.41) is 9.74. The summed E-state index contributed by atoms with van der Waals surface area (Å²) in [6, 6.07) is 20.2. The van der Waals surface area contributed by atoms with E-state index >= 15 is 0 Å². The first-order chi connectivity index (χ1) is 10.6. The average molecular weight is 304 g/mol. The number of hydrogen-bond acceptors (Lipinski definition) is 1. The predicted octanol–water partition coefficient (Wildman–Crippen LogP) is 4.69. The summed E-state index contributed by atoms with van der Waals surface area (Å²) in [6.45, 7) is 4.78. The van der Waals surface area contributed by atoms with Gasteiger partial charge in [0.2, 0.25) is 0 Å². The molecule has 0 bridgehead atoms. The van der Waals surface area contributed by atoms with Gasteiger partial charge in [-0.1, -0.05) is 67.7 Å². The van der Waals surface area contributed by atoms with E-state index in [9.17, 15) is 0 Å². The van der Waals surface area contributed by atoms with Crippen molar-refractivity contribution in [1.82, 2.24) is 0 Å². The van der Waals surface area contributed by atoms with Crippen LogP contribution in [-0.4, -0.2) is 21.4 Å². The number of benzene rings is 4. The standard InChI is InChI=1S/C20H20OSi/c1-21-13-22(2,3)18-12-10-16-8-7-14-5-4-6-15-9-11-17(18)20(16)19(14)15/h4-12H,13H2,1-3H3. The molecule has 110 valence electrons. The molecule has 0 aromatic heterocycles. The van der Waals surface area contributed by atoms with Gasteiger partial charge in [-0.15, -0.1) is 0 Å². The van der Waals surface area contributed by atoms with Gasteiger partial charge < -0.3 is 4.74 Å². The van der Waals surface area contributed by atoms with Gasteiger partial charge in [-0.3, -0.25) is 0 Å². The monoisotopic (exact) mass is 304 g/mol. The van der Waals surface area contributed by atoms with E-state index < -0.39 is 8.07 Å². The summed E-state index contributed by atoms with van der Waals surface area (Å²) < 4.78 is 5.51. The Morgan fingerprint density at radius 2 is 1.36 bits per heavy atom. The third-order valence-corrected chi connectivity index (χ3v) is 7.67. The fourth-order valence-electron chi connectivity index (χ4n) is 3.76. The lowest BCUT2D eigenvalue weighted by atomic mass is 9.94. The first-order valence-corrected chi connectivity index (χ1v) is 11.0. The van der Waals surface area contributed by atoms with Crippen molar-refractivity contribution in [3.05, 3.63) is 54.6 Å². The van der Waals surface area contributed by atoms with Crippen molar-refractivity contribution in [2.75, 3.05) is 13.3 Å². The number of hydrogen-bond donors (Lipinski definition) is 0. The third kappa shape index (κ3) is 1.88. The van der Waals surface area contributed by atoms with Crippen LogP contribution in [0.25, 0.3) is 32.3 Å². The fourth-order valence-corrected chi connectivity index (χ4v) is 6.11. The van der Waals surface area contributed by atoms with Crippen LogP contribution in [0.2, 0.25) is 13.1 Å². The van der Waals surface area contributed by atoms with Crippen LogP contribution in [0.1, 0.15) is 0 Å². The first-order valence-electron chi connectivity index (χ1n) is 7.78. The minimum atomic E-state index is -1.59. The highest BCUT2D eigenvalue weighted by Crippen LogP contribution is 2.34. The van der Waals surface area contributed by atoms with Crippen LogP contribution in [0.3, 0.4) is 0 Å². The van der Waals surface area contributed by atoms with E-state index in [4.69, 9.17) is 4.74 Å². The van der Waals surface area contributed by atoms with Gasteiger partial charge in [-0.2, -0.15) is 0 Å². The normalized spacial score (nSPS) is 12.7. The summed E-state index contributed by atoms with van der Waals surface area (Å²) in [5.41, 5.74) is 0. The van der Waals surface area contributed by atoms with Crippen molar-refractivity contribution >= 4 is 45.6 Å². The van der Waals surface area contributed by atoms with Gasteiger partial charge >= 0.3 is 0 Å². The summed E-state index contributed by atoms with van der Waals surface area (Å²) in [5.74, 6) is 0. The quantitative estimate of drug-likeness (QED) is 0.394. The van der Waals surface area contributed by atoms with Crippen LogP contribution >= 0.6 is 0 Å². The number of ether oxygens (including phenoxy) is 1. The lowest BCUT2D eigenvalue weighted by Gasteiger charge is -2.25. The highest BCUT2D eigenvalue weighted by molar-refractivity contribution is 6.91. The maximum atomic E-state index is 5.51. The van der Waals surface area contributed by atoms with E-state index in [1.807, 2.05) is 7.11 Å². The molecule has 0 atom stereocenters. The van der Waals surface area contributed by atoms with Crippen LogP contribution in [0.4, 0.5) is 0 Å². The van der Waals surface area contributed by atoms with Gasteiger partial charge in [0.25, 0.3) is 0 Å². The second-order valence-electron chi connectivity index (χ2n) is 6.79. The molecule has 0 heterocycles. The van der Waals surface area contributed by atoms with E-state index in [-0.39, 0.29) is 0 Å². The lowest BCUT2D eigenvalue weighted by molar-refractivity contribution is 0.247. The van der Waals surface area contributed by atoms with Gasteiger partial charge in [0.05, 0.1) is 0 Å². The number of rotatable bonds is 3. The molecule has 0 N–H and O–H groups in total. The summed E-state index contributed by atoms with van der Waals surface area (Å²) in [7, 11) is 0.216. The lowest BCUT2D eigenvalue weighted by Crippen LogP contribution is -2.46. The van der Waals surface area contributed by atoms with Crippen molar-refractivity contribution in [1.29, 1.82) is 0 Å². The summed E-state index contributed by atoms with van der Waals surface area (Å²) >= 11 is 0. The highest BCUT2D eigenvalue weighted by atomic mass is 28.3. The average Bonchev–Trinajstić information content (AvgIpc) is 2.52. The minimum Gasteiger partial charge on any atom is -0.388 e. The Hall–Kier alpha value is -1.90. The zero-order valence-electron chi connectivity index (χ0n) is 13.3. The topological polar surface area (TPSA) is 9.23 Å². The van der Waals surface area contributed by atoms with Gasteiger partial charge in [-0.05, 0) is 37.5 Å². The van der Waals surface area contributed by atoms with Crippen molar-refractivity contribution in [3.63, 3.8) is 0 Å². The Bertz CT molecular complexity index is 956. The summed E-state index contributed by atoms with van der Waals surface area (Å²) in [6.07, 6.45) is 0.858. The second-order valence-corrected chi connectivity index (χ2v) is 11.4. The molecule has 0 saturated carbocycles. The van der Waals surface area contributed by atoms with Crippen LogP contribution < -0.4 is 5.19 Å². The van der Waals surface area contributed by atoms with Crippen molar-refractivity contribution in [2.45, 2.75) is 13.1 Å². The molecule has 2 heteroatoms. The smallest absolute Gasteiger partial charge is 0.110 e. The Kier molecular flexibility index (Phi) is 3.00. The van der Waals surface area contributed by atoms with Gasteiger partial charge in [-0.25, -0.2) is 0 Å². The molecule has 0 aliphatic heterocycles. The van der Waals surface area contributed by atoms with Gasteiger partial charge in [0.15, 0.2) is 0 Å².